The lowest BCUT2D eigenvalue weighted by Gasteiger charge is -2.07. The maximum absolute atomic E-state index is 5.68. The number of ether oxygens (including phenoxy) is 1. The number of nitrogens with zero attached hydrogens (tertiary/aromatic N) is 2. The van der Waals surface area contributed by atoms with E-state index in [0.717, 1.165) is 17.3 Å². The first-order chi connectivity index (χ1) is 10.8. The topological polar surface area (TPSA) is 39.1 Å². The van der Waals surface area contributed by atoms with Gasteiger partial charge < -0.3 is 10.1 Å². The Kier molecular flexibility index (Phi) is 4.39. The maximum Gasteiger partial charge on any atom is 0.148 e. The van der Waals surface area contributed by atoms with Gasteiger partial charge in [-0.05, 0) is 31.2 Å². The van der Waals surface area contributed by atoms with E-state index < -0.39 is 0 Å². The summed E-state index contributed by atoms with van der Waals surface area (Å²) in [5, 5.41) is 7.75. The summed E-state index contributed by atoms with van der Waals surface area (Å²) in [6, 6.07) is 20.1. The van der Waals surface area contributed by atoms with Crippen LogP contribution in [-0.4, -0.2) is 22.9 Å². The summed E-state index contributed by atoms with van der Waals surface area (Å²) in [6.07, 6.45) is 1.94. The van der Waals surface area contributed by atoms with Crippen LogP contribution in [0.15, 0.2) is 66.9 Å². The second kappa shape index (κ2) is 6.80. The van der Waals surface area contributed by atoms with Crippen molar-refractivity contribution >= 4 is 5.82 Å². The van der Waals surface area contributed by atoms with Gasteiger partial charge in [0.1, 0.15) is 18.2 Å². The van der Waals surface area contributed by atoms with E-state index >= 15 is 0 Å². The first-order valence-corrected chi connectivity index (χ1v) is 7.36. The zero-order valence-corrected chi connectivity index (χ0v) is 12.6. The summed E-state index contributed by atoms with van der Waals surface area (Å²) in [7, 11) is 0. The number of hydrogen-bond acceptors (Lipinski definition) is 3. The van der Waals surface area contributed by atoms with Crippen molar-refractivity contribution in [1.82, 2.24) is 9.78 Å². The highest BCUT2D eigenvalue weighted by atomic mass is 16.5. The van der Waals surface area contributed by atoms with Crippen LogP contribution < -0.4 is 10.1 Å². The van der Waals surface area contributed by atoms with Gasteiger partial charge in [-0.25, -0.2) is 4.68 Å². The number of aryl methyl sites for hydroxylation is 1. The molecule has 2 aromatic carbocycles. The number of rotatable bonds is 6. The molecule has 1 N–H and O–H groups in total. The fourth-order valence-electron chi connectivity index (χ4n) is 2.13. The highest BCUT2D eigenvalue weighted by molar-refractivity contribution is 5.37. The molecule has 0 saturated heterocycles. The van der Waals surface area contributed by atoms with Crippen LogP contribution in [0.3, 0.4) is 0 Å². The molecule has 0 unspecified atom stereocenters. The van der Waals surface area contributed by atoms with Crippen LogP contribution in [0, 0.1) is 6.92 Å². The van der Waals surface area contributed by atoms with Crippen LogP contribution in [0.25, 0.3) is 5.69 Å². The number of nitrogens with one attached hydrogen (secondary N) is 1. The van der Waals surface area contributed by atoms with E-state index in [0.29, 0.717) is 13.2 Å². The van der Waals surface area contributed by atoms with Crippen molar-refractivity contribution in [2.24, 2.45) is 0 Å². The van der Waals surface area contributed by atoms with Gasteiger partial charge in [0.25, 0.3) is 0 Å². The Morgan fingerprint density at radius 2 is 1.77 bits per heavy atom. The van der Waals surface area contributed by atoms with Crippen molar-refractivity contribution in [2.75, 3.05) is 18.5 Å². The predicted molar refractivity (Wildman–Crippen MR) is 88.7 cm³/mol. The third-order valence-corrected chi connectivity index (χ3v) is 3.31. The minimum Gasteiger partial charge on any atom is -0.492 e. The number of anilines is 1. The van der Waals surface area contributed by atoms with E-state index in [-0.39, 0.29) is 0 Å². The average molecular weight is 293 g/mol. The standard InChI is InChI=1S/C18H19N3O/c1-15-7-9-17(10-8-15)22-14-12-19-18-11-13-21(20-18)16-5-3-2-4-6-16/h2-11,13H,12,14H2,1H3,(H,19,20). The minimum atomic E-state index is 0.598. The molecule has 0 spiro atoms. The van der Waals surface area contributed by atoms with Gasteiger partial charge in [0.15, 0.2) is 0 Å². The van der Waals surface area contributed by atoms with Crippen LogP contribution in [0.1, 0.15) is 5.56 Å². The second-order valence-corrected chi connectivity index (χ2v) is 5.07. The van der Waals surface area contributed by atoms with Crippen LogP contribution in [-0.2, 0) is 0 Å². The molecule has 0 aliphatic carbocycles. The molecule has 0 fully saturated rings. The summed E-state index contributed by atoms with van der Waals surface area (Å²) in [5.41, 5.74) is 2.28. The van der Waals surface area contributed by atoms with Gasteiger partial charge in [0.2, 0.25) is 0 Å². The van der Waals surface area contributed by atoms with Crippen molar-refractivity contribution in [3.05, 3.63) is 72.4 Å². The van der Waals surface area contributed by atoms with Crippen LogP contribution in [0.2, 0.25) is 0 Å². The summed E-state index contributed by atoms with van der Waals surface area (Å²) < 4.78 is 7.53. The highest BCUT2D eigenvalue weighted by Crippen LogP contribution is 2.12. The maximum atomic E-state index is 5.68. The van der Waals surface area contributed by atoms with Gasteiger partial charge in [-0.15, -0.1) is 0 Å². The Morgan fingerprint density at radius 3 is 2.55 bits per heavy atom. The molecule has 4 heteroatoms. The molecule has 0 amide bonds. The Balaban J connectivity index is 1.48. The first-order valence-electron chi connectivity index (χ1n) is 7.36. The number of aromatic nitrogens is 2. The largest absolute Gasteiger partial charge is 0.492 e. The molecule has 1 heterocycles. The average Bonchev–Trinajstić information content (AvgIpc) is 3.03. The molecular formula is C18H19N3O. The Bertz CT molecular complexity index is 705. The lowest BCUT2D eigenvalue weighted by atomic mass is 10.2. The van der Waals surface area contributed by atoms with Crippen molar-refractivity contribution in [1.29, 1.82) is 0 Å². The third kappa shape index (κ3) is 3.67. The van der Waals surface area contributed by atoms with Crippen molar-refractivity contribution in [3.8, 4) is 11.4 Å². The van der Waals surface area contributed by atoms with E-state index in [1.54, 1.807) is 0 Å². The molecular weight excluding hydrogens is 274 g/mol. The minimum absolute atomic E-state index is 0.598. The zero-order chi connectivity index (χ0) is 15.2. The number of hydrogen-bond donors (Lipinski definition) is 1. The normalized spacial score (nSPS) is 10.4. The quantitative estimate of drug-likeness (QED) is 0.705. The van der Waals surface area contributed by atoms with Crippen molar-refractivity contribution < 1.29 is 4.74 Å². The van der Waals surface area contributed by atoms with E-state index in [1.807, 2.05) is 71.5 Å². The van der Waals surface area contributed by atoms with Gasteiger partial charge in [-0.1, -0.05) is 35.9 Å². The Hall–Kier alpha value is -2.75. The lowest BCUT2D eigenvalue weighted by Crippen LogP contribution is -2.12. The smallest absolute Gasteiger partial charge is 0.148 e. The van der Waals surface area contributed by atoms with E-state index in [1.165, 1.54) is 5.56 Å². The molecule has 4 nitrogen and oxygen atoms in total. The summed E-state index contributed by atoms with van der Waals surface area (Å²) >= 11 is 0. The summed E-state index contributed by atoms with van der Waals surface area (Å²) in [5.74, 6) is 1.73. The SMILES string of the molecule is Cc1ccc(OCCNc2ccn(-c3ccccc3)n2)cc1. The molecule has 0 bridgehead atoms. The molecule has 0 atom stereocenters. The van der Waals surface area contributed by atoms with Crippen LogP contribution in [0.4, 0.5) is 5.82 Å². The van der Waals surface area contributed by atoms with Crippen molar-refractivity contribution in [2.45, 2.75) is 6.92 Å². The fraction of sp³-hybridized carbons (Fsp3) is 0.167. The number of para-hydroxylation sites is 1. The molecule has 0 aliphatic heterocycles. The molecule has 3 rings (SSSR count). The highest BCUT2D eigenvalue weighted by Gasteiger charge is 2.00. The monoisotopic (exact) mass is 293 g/mol. The second-order valence-electron chi connectivity index (χ2n) is 5.07. The van der Waals surface area contributed by atoms with E-state index in [9.17, 15) is 0 Å². The molecule has 1 aromatic heterocycles. The van der Waals surface area contributed by atoms with Gasteiger partial charge in [0.05, 0.1) is 12.2 Å². The molecule has 0 radical (unpaired) electrons. The predicted octanol–water partition coefficient (Wildman–Crippen LogP) is 3.67. The van der Waals surface area contributed by atoms with Crippen molar-refractivity contribution in [3.63, 3.8) is 0 Å². The molecule has 3 aromatic rings. The van der Waals surface area contributed by atoms with Gasteiger partial charge in [0, 0.05) is 12.3 Å². The van der Waals surface area contributed by atoms with Crippen LogP contribution >= 0.6 is 0 Å². The Labute approximate surface area is 130 Å². The van der Waals surface area contributed by atoms with E-state index in [4.69, 9.17) is 4.74 Å². The van der Waals surface area contributed by atoms with Crippen LogP contribution in [0.5, 0.6) is 5.75 Å². The fourth-order valence-corrected chi connectivity index (χ4v) is 2.13. The summed E-state index contributed by atoms with van der Waals surface area (Å²) in [6.45, 7) is 3.37. The molecule has 22 heavy (non-hydrogen) atoms. The van der Waals surface area contributed by atoms with Gasteiger partial charge in [-0.2, -0.15) is 5.10 Å². The first kappa shape index (κ1) is 14.2. The molecule has 0 aliphatic rings. The lowest BCUT2D eigenvalue weighted by molar-refractivity contribution is 0.332. The molecule has 112 valence electrons. The number of benzene rings is 2. The summed E-state index contributed by atoms with van der Waals surface area (Å²) in [4.78, 5) is 0. The van der Waals surface area contributed by atoms with Gasteiger partial charge >= 0.3 is 0 Å². The zero-order valence-electron chi connectivity index (χ0n) is 12.6. The third-order valence-electron chi connectivity index (χ3n) is 3.31. The van der Waals surface area contributed by atoms with E-state index in [2.05, 4.69) is 17.3 Å². The van der Waals surface area contributed by atoms with Gasteiger partial charge in [-0.3, -0.25) is 0 Å². The Morgan fingerprint density at radius 1 is 1.00 bits per heavy atom. The molecule has 0 saturated carbocycles.